The molecular formula is C26H31N5O2. The van der Waals surface area contributed by atoms with Crippen LogP contribution in [0.15, 0.2) is 54.6 Å². The topological polar surface area (TPSA) is 82.3 Å². The first-order valence-corrected chi connectivity index (χ1v) is 11.9. The third-order valence-electron chi connectivity index (χ3n) is 6.57. The zero-order valence-corrected chi connectivity index (χ0v) is 18.8. The van der Waals surface area contributed by atoms with Gasteiger partial charge in [-0.25, -0.2) is 0 Å². The summed E-state index contributed by atoms with van der Waals surface area (Å²) >= 11 is 0. The van der Waals surface area contributed by atoms with Crippen LogP contribution in [-0.2, 0) is 24.2 Å². The first-order chi connectivity index (χ1) is 16.2. The van der Waals surface area contributed by atoms with Crippen LogP contribution in [0.25, 0.3) is 0 Å². The van der Waals surface area contributed by atoms with Gasteiger partial charge in [-0.2, -0.15) is 5.10 Å². The van der Waals surface area contributed by atoms with E-state index in [9.17, 15) is 4.79 Å². The summed E-state index contributed by atoms with van der Waals surface area (Å²) in [5.41, 5.74) is 5.96. The van der Waals surface area contributed by atoms with Crippen LogP contribution in [0.1, 0.15) is 36.2 Å². The number of rotatable bonds is 8. The van der Waals surface area contributed by atoms with E-state index in [4.69, 9.17) is 4.74 Å². The van der Waals surface area contributed by atoms with E-state index in [1.807, 2.05) is 42.5 Å². The van der Waals surface area contributed by atoms with Gasteiger partial charge in [0.05, 0.1) is 5.69 Å². The number of carbonyl (C=O) groups excluding carboxylic acids is 1. The van der Waals surface area contributed by atoms with E-state index in [1.54, 1.807) is 0 Å². The van der Waals surface area contributed by atoms with Crippen molar-refractivity contribution in [3.8, 4) is 5.75 Å². The van der Waals surface area contributed by atoms with Crippen molar-refractivity contribution in [1.29, 1.82) is 0 Å². The number of aromatic nitrogens is 2. The highest BCUT2D eigenvalue weighted by molar-refractivity contribution is 5.92. The van der Waals surface area contributed by atoms with Gasteiger partial charge in [-0.05, 0) is 74.1 Å². The lowest BCUT2D eigenvalue weighted by atomic mass is 10.0. The lowest BCUT2D eigenvalue weighted by Gasteiger charge is -2.34. The summed E-state index contributed by atoms with van der Waals surface area (Å²) in [7, 11) is 0. The van der Waals surface area contributed by atoms with E-state index in [0.29, 0.717) is 11.8 Å². The number of nitrogens with zero attached hydrogens (tertiary/aromatic N) is 2. The van der Waals surface area contributed by atoms with Crippen LogP contribution in [0, 0.1) is 0 Å². The Labute approximate surface area is 194 Å². The number of ether oxygens (including phenoxy) is 1. The second-order valence-electron chi connectivity index (χ2n) is 8.82. The Kier molecular flexibility index (Phi) is 6.58. The molecule has 7 nitrogen and oxygen atoms in total. The number of hydrogen-bond donors (Lipinski definition) is 3. The fourth-order valence-electron chi connectivity index (χ4n) is 4.74. The molecule has 2 aromatic carbocycles. The number of hydrogen-bond acceptors (Lipinski definition) is 5. The summed E-state index contributed by atoms with van der Waals surface area (Å²) in [4.78, 5) is 14.6. The molecule has 2 aliphatic rings. The third-order valence-corrected chi connectivity index (χ3v) is 6.57. The molecule has 1 aliphatic carbocycles. The second-order valence-corrected chi connectivity index (χ2v) is 8.82. The molecule has 0 radical (unpaired) electrons. The molecule has 3 aromatic rings. The summed E-state index contributed by atoms with van der Waals surface area (Å²) in [5.74, 6) is 0.523. The van der Waals surface area contributed by atoms with Crippen LogP contribution in [0.5, 0.6) is 5.75 Å². The van der Waals surface area contributed by atoms with Crippen LogP contribution >= 0.6 is 0 Å². The maximum Gasteiger partial charge on any atom is 0.262 e. The van der Waals surface area contributed by atoms with Gasteiger partial charge in [0.2, 0.25) is 0 Å². The minimum absolute atomic E-state index is 0.00659. The van der Waals surface area contributed by atoms with E-state index in [-0.39, 0.29) is 12.5 Å². The second kappa shape index (κ2) is 10.1. The number of para-hydroxylation sites is 1. The van der Waals surface area contributed by atoms with Crippen molar-refractivity contribution < 1.29 is 9.53 Å². The molecule has 1 aromatic heterocycles. The molecule has 0 spiro atoms. The maximum absolute atomic E-state index is 12.2. The predicted molar refractivity (Wildman–Crippen MR) is 130 cm³/mol. The van der Waals surface area contributed by atoms with Crippen molar-refractivity contribution in [3.05, 3.63) is 71.5 Å². The molecule has 1 saturated heterocycles. The third kappa shape index (κ3) is 5.37. The molecule has 5 rings (SSSR count). The van der Waals surface area contributed by atoms with Crippen molar-refractivity contribution in [3.63, 3.8) is 0 Å². The zero-order valence-electron chi connectivity index (χ0n) is 18.8. The number of H-pyrrole nitrogens is 1. The Morgan fingerprint density at radius 1 is 1.06 bits per heavy atom. The molecule has 0 unspecified atom stereocenters. The van der Waals surface area contributed by atoms with Crippen molar-refractivity contribution in [1.82, 2.24) is 15.5 Å². The molecule has 2 heterocycles. The van der Waals surface area contributed by atoms with Crippen molar-refractivity contribution >= 4 is 17.3 Å². The van der Waals surface area contributed by atoms with Gasteiger partial charge < -0.3 is 20.3 Å². The molecule has 1 aliphatic heterocycles. The van der Waals surface area contributed by atoms with Crippen LogP contribution in [0.2, 0.25) is 0 Å². The SMILES string of the molecule is O=C(COc1ccccc1)Nc1ccc(N2CCC(NCc3n[nH]c4c3CCC4)CC2)cc1. The Morgan fingerprint density at radius 3 is 2.64 bits per heavy atom. The van der Waals surface area contributed by atoms with Crippen molar-refractivity contribution in [2.45, 2.75) is 44.7 Å². The number of aryl methyl sites for hydroxylation is 1. The van der Waals surface area contributed by atoms with Gasteiger partial charge in [0.15, 0.2) is 6.61 Å². The smallest absolute Gasteiger partial charge is 0.262 e. The fourth-order valence-corrected chi connectivity index (χ4v) is 4.74. The van der Waals surface area contributed by atoms with E-state index in [1.165, 1.54) is 29.1 Å². The van der Waals surface area contributed by atoms with Gasteiger partial charge in [-0.3, -0.25) is 9.89 Å². The minimum atomic E-state index is -0.166. The zero-order chi connectivity index (χ0) is 22.5. The highest BCUT2D eigenvalue weighted by Gasteiger charge is 2.22. The fraction of sp³-hybridized carbons (Fsp3) is 0.385. The van der Waals surface area contributed by atoms with Gasteiger partial charge in [-0.1, -0.05) is 18.2 Å². The van der Waals surface area contributed by atoms with E-state index in [2.05, 4.69) is 37.9 Å². The van der Waals surface area contributed by atoms with Crippen LogP contribution in [-0.4, -0.2) is 41.8 Å². The normalized spacial score (nSPS) is 15.9. The van der Waals surface area contributed by atoms with Crippen LogP contribution < -0.4 is 20.3 Å². The number of carbonyl (C=O) groups is 1. The molecule has 33 heavy (non-hydrogen) atoms. The van der Waals surface area contributed by atoms with Gasteiger partial charge in [-0.15, -0.1) is 0 Å². The van der Waals surface area contributed by atoms with Gasteiger partial charge >= 0.3 is 0 Å². The lowest BCUT2D eigenvalue weighted by molar-refractivity contribution is -0.118. The number of fused-ring (bicyclic) bond motifs is 1. The lowest BCUT2D eigenvalue weighted by Crippen LogP contribution is -2.42. The molecule has 0 atom stereocenters. The van der Waals surface area contributed by atoms with Crippen molar-refractivity contribution in [2.75, 3.05) is 29.9 Å². The van der Waals surface area contributed by atoms with E-state index >= 15 is 0 Å². The summed E-state index contributed by atoms with van der Waals surface area (Å²) in [5, 5.41) is 14.3. The molecule has 1 amide bonds. The Bertz CT molecular complexity index is 1060. The summed E-state index contributed by atoms with van der Waals surface area (Å²) in [6, 6.07) is 18.0. The Morgan fingerprint density at radius 2 is 1.85 bits per heavy atom. The Hall–Kier alpha value is -3.32. The average molecular weight is 446 g/mol. The van der Waals surface area contributed by atoms with Gasteiger partial charge in [0, 0.05) is 42.7 Å². The number of amides is 1. The quantitative estimate of drug-likeness (QED) is 0.493. The summed E-state index contributed by atoms with van der Waals surface area (Å²) < 4.78 is 5.50. The molecular weight excluding hydrogens is 414 g/mol. The summed E-state index contributed by atoms with van der Waals surface area (Å²) in [6.07, 6.45) is 5.78. The highest BCUT2D eigenvalue weighted by Crippen LogP contribution is 2.24. The first kappa shape index (κ1) is 21.5. The number of piperidine rings is 1. The van der Waals surface area contributed by atoms with Gasteiger partial charge in [0.25, 0.3) is 5.91 Å². The Balaban J connectivity index is 1.05. The predicted octanol–water partition coefficient (Wildman–Crippen LogP) is 3.67. The molecule has 0 bridgehead atoms. The first-order valence-electron chi connectivity index (χ1n) is 11.9. The number of anilines is 2. The number of benzene rings is 2. The van der Waals surface area contributed by atoms with E-state index in [0.717, 1.165) is 51.0 Å². The standard InChI is InChI=1S/C26H31N5O2/c32-26(18-33-22-5-2-1-3-6-22)28-20-9-11-21(12-10-20)31-15-13-19(14-16-31)27-17-25-23-7-4-8-24(23)29-30-25/h1-3,5-6,9-12,19,27H,4,7-8,13-18H2,(H,28,32)(H,29,30). The largest absolute Gasteiger partial charge is 0.484 e. The number of nitrogens with one attached hydrogen (secondary N) is 3. The minimum Gasteiger partial charge on any atom is -0.484 e. The molecule has 3 N–H and O–H groups in total. The molecule has 7 heteroatoms. The average Bonchev–Trinajstić information content (AvgIpc) is 3.48. The summed E-state index contributed by atoms with van der Waals surface area (Å²) in [6.45, 7) is 2.90. The molecule has 172 valence electrons. The molecule has 0 saturated carbocycles. The van der Waals surface area contributed by atoms with E-state index < -0.39 is 0 Å². The molecule has 1 fully saturated rings. The number of aromatic amines is 1. The van der Waals surface area contributed by atoms with Crippen LogP contribution in [0.4, 0.5) is 11.4 Å². The van der Waals surface area contributed by atoms with Crippen molar-refractivity contribution in [2.24, 2.45) is 0 Å². The monoisotopic (exact) mass is 445 g/mol. The maximum atomic E-state index is 12.2. The van der Waals surface area contributed by atoms with Gasteiger partial charge in [0.1, 0.15) is 5.75 Å². The highest BCUT2D eigenvalue weighted by atomic mass is 16.5. The van der Waals surface area contributed by atoms with Crippen LogP contribution in [0.3, 0.4) is 0 Å².